The van der Waals surface area contributed by atoms with E-state index in [2.05, 4.69) is 0 Å². The monoisotopic (exact) mass is 530 g/mol. The molecule has 0 amide bonds. The Balaban J connectivity index is 1.95. The molecule has 3 N–H and O–H groups in total. The van der Waals surface area contributed by atoms with E-state index in [4.69, 9.17) is 9.47 Å². The first-order valence-electron chi connectivity index (χ1n) is 13.6. The van der Waals surface area contributed by atoms with Crippen LogP contribution >= 0.6 is 0 Å². The van der Waals surface area contributed by atoms with Gasteiger partial charge in [-0.15, -0.1) is 0 Å². The van der Waals surface area contributed by atoms with E-state index in [0.29, 0.717) is 23.1 Å². The largest absolute Gasteiger partial charge is 0.457 e. The summed E-state index contributed by atoms with van der Waals surface area (Å²) in [5.41, 5.74) is -4.49. The number of hydrogen-bond donors (Lipinski definition) is 3. The number of hydrogen-bond acceptors (Lipinski definition) is 8. The first-order valence-corrected chi connectivity index (χ1v) is 13.6. The maximum absolute atomic E-state index is 13.2. The second-order valence-electron chi connectivity index (χ2n) is 12.5. The molecule has 9 atom stereocenters. The average molecular weight is 531 g/mol. The maximum Gasteiger partial charge on any atom is 0.334 e. The fourth-order valence-corrected chi connectivity index (χ4v) is 7.58. The molecule has 0 aromatic rings. The third-order valence-electron chi connectivity index (χ3n) is 10.2. The predicted octanol–water partition coefficient (Wildman–Crippen LogP) is 3.04. The van der Waals surface area contributed by atoms with Crippen molar-refractivity contribution >= 4 is 17.7 Å². The Hall–Kier alpha value is -2.29. The molecule has 0 heterocycles. The van der Waals surface area contributed by atoms with Crippen LogP contribution in [0, 0.1) is 35.0 Å². The van der Waals surface area contributed by atoms with E-state index in [0.717, 1.165) is 0 Å². The molecule has 2 fully saturated rings. The van der Waals surface area contributed by atoms with Crippen molar-refractivity contribution in [2.75, 3.05) is 6.61 Å². The zero-order valence-corrected chi connectivity index (χ0v) is 23.7. The number of aliphatic hydroxyl groups is 3. The van der Waals surface area contributed by atoms with Crippen LogP contribution in [-0.2, 0) is 23.9 Å². The summed E-state index contributed by atoms with van der Waals surface area (Å²) in [6.07, 6.45) is 4.41. The molecule has 210 valence electrons. The number of carbonyl (C=O) groups is 3. The molecule has 0 aromatic heterocycles. The average Bonchev–Trinajstić information content (AvgIpc) is 3.30. The molecule has 8 heteroatoms. The van der Waals surface area contributed by atoms with E-state index in [9.17, 15) is 29.7 Å². The number of ketones is 1. The lowest BCUT2D eigenvalue weighted by atomic mass is 9.59. The highest BCUT2D eigenvalue weighted by Gasteiger charge is 2.88. The molecule has 2 saturated carbocycles. The van der Waals surface area contributed by atoms with E-state index >= 15 is 0 Å². The number of ether oxygens (including phenoxy) is 2. The number of fused-ring (bicyclic) bond motifs is 5. The number of esters is 2. The molecule has 0 aromatic carbocycles. The minimum atomic E-state index is -1.95. The molecule has 0 aliphatic heterocycles. The molecular weight excluding hydrogens is 488 g/mol. The lowest BCUT2D eigenvalue weighted by molar-refractivity contribution is -0.229. The molecule has 38 heavy (non-hydrogen) atoms. The van der Waals surface area contributed by atoms with Crippen LogP contribution in [0.25, 0.3) is 0 Å². The molecule has 0 spiro atoms. The fraction of sp³-hybridized carbons (Fsp3) is 0.700. The molecule has 8 nitrogen and oxygen atoms in total. The lowest BCUT2D eigenvalue weighted by Gasteiger charge is -2.53. The number of Topliss-reactive ketones (excluding diaryl/α,β-unsaturated/α-hetero) is 1. The van der Waals surface area contributed by atoms with E-state index in [1.807, 2.05) is 20.8 Å². The quantitative estimate of drug-likeness (QED) is 0.271. The Morgan fingerprint density at radius 3 is 2.42 bits per heavy atom. The Labute approximate surface area is 224 Å². The molecule has 4 rings (SSSR count). The van der Waals surface area contributed by atoms with Gasteiger partial charge in [0.25, 0.3) is 0 Å². The SMILES string of the molecule is CC=C(C)C(=O)O[C@@]12[C@H](OC(=O)[C@H](C)CC)[C@@H](C)[C@@]3(O)[C@@H](C=C(CO)C[C@]4(O)C(=O)C(C)=C[C@@H]34)[C@@H]1C2(C)C. The van der Waals surface area contributed by atoms with E-state index in [1.165, 1.54) is 0 Å². The Kier molecular flexibility index (Phi) is 6.90. The first-order chi connectivity index (χ1) is 17.6. The van der Waals surface area contributed by atoms with Gasteiger partial charge < -0.3 is 24.8 Å². The summed E-state index contributed by atoms with van der Waals surface area (Å²) in [5, 5.41) is 34.7. The van der Waals surface area contributed by atoms with Crippen LogP contribution in [-0.4, -0.2) is 62.6 Å². The van der Waals surface area contributed by atoms with E-state index in [-0.39, 0.29) is 6.42 Å². The highest BCUT2D eigenvalue weighted by molar-refractivity contribution is 6.04. The van der Waals surface area contributed by atoms with Crippen LogP contribution in [0.1, 0.15) is 68.2 Å². The fourth-order valence-electron chi connectivity index (χ4n) is 7.58. The van der Waals surface area contributed by atoms with Crippen LogP contribution in [0.4, 0.5) is 0 Å². The molecule has 4 aliphatic carbocycles. The van der Waals surface area contributed by atoms with Gasteiger partial charge in [0.15, 0.2) is 11.4 Å². The summed E-state index contributed by atoms with van der Waals surface area (Å²) in [6.45, 7) is 13.8. The standard InChI is InChI=1S/C30H42O8/c1-9-15(3)25(33)37-24-18(6)29(36)20(22-27(7,8)30(22,24)38-26(34)16(4)10-2)12-19(14-31)13-28(35)21(29)11-17(5)23(28)32/h10-12,15,18,20-22,24,31,35-36H,9,13-14H2,1-8H3/t15-,18-,20+,21-,22-,24-,28-,29-,30-/m1/s1. The zero-order chi connectivity index (χ0) is 28.6. The van der Waals surface area contributed by atoms with Gasteiger partial charge in [-0.2, -0.15) is 0 Å². The summed E-state index contributed by atoms with van der Waals surface area (Å²) in [5.74, 6) is -4.94. The molecule has 0 saturated heterocycles. The summed E-state index contributed by atoms with van der Waals surface area (Å²) >= 11 is 0. The summed E-state index contributed by atoms with van der Waals surface area (Å²) < 4.78 is 12.4. The highest BCUT2D eigenvalue weighted by Crippen LogP contribution is 2.77. The smallest absolute Gasteiger partial charge is 0.334 e. The van der Waals surface area contributed by atoms with Crippen molar-refractivity contribution in [3.8, 4) is 0 Å². The highest BCUT2D eigenvalue weighted by atomic mass is 16.6. The van der Waals surface area contributed by atoms with Gasteiger partial charge in [-0.25, -0.2) is 4.79 Å². The van der Waals surface area contributed by atoms with Gasteiger partial charge in [0.05, 0.1) is 18.1 Å². The maximum atomic E-state index is 13.2. The zero-order valence-electron chi connectivity index (χ0n) is 23.7. The van der Waals surface area contributed by atoms with E-state index in [1.54, 1.807) is 52.8 Å². The predicted molar refractivity (Wildman–Crippen MR) is 139 cm³/mol. The number of allylic oxidation sites excluding steroid dienone is 1. The molecule has 0 bridgehead atoms. The second-order valence-corrected chi connectivity index (χ2v) is 12.5. The minimum Gasteiger partial charge on any atom is -0.457 e. The van der Waals surface area contributed by atoms with Crippen molar-refractivity contribution in [1.29, 1.82) is 0 Å². The minimum absolute atomic E-state index is 0.124. The van der Waals surface area contributed by atoms with Crippen molar-refractivity contribution < 1.29 is 39.2 Å². The van der Waals surface area contributed by atoms with Crippen LogP contribution in [0.3, 0.4) is 0 Å². The van der Waals surface area contributed by atoms with Gasteiger partial charge in [-0.1, -0.05) is 52.8 Å². The summed E-state index contributed by atoms with van der Waals surface area (Å²) in [7, 11) is 0. The van der Waals surface area contributed by atoms with Crippen molar-refractivity contribution in [2.45, 2.75) is 91.1 Å². The van der Waals surface area contributed by atoms with Gasteiger partial charge >= 0.3 is 11.9 Å². The van der Waals surface area contributed by atoms with Crippen molar-refractivity contribution in [2.24, 2.45) is 35.0 Å². The summed E-state index contributed by atoms with van der Waals surface area (Å²) in [4.78, 5) is 39.6. The van der Waals surface area contributed by atoms with Gasteiger partial charge in [-0.3, -0.25) is 9.59 Å². The third-order valence-corrected chi connectivity index (χ3v) is 10.2. The number of carbonyl (C=O) groups excluding carboxylic acids is 3. The van der Waals surface area contributed by atoms with Gasteiger partial charge in [0.2, 0.25) is 0 Å². The van der Waals surface area contributed by atoms with Gasteiger partial charge in [-0.05, 0) is 38.3 Å². The molecule has 0 unspecified atom stereocenters. The van der Waals surface area contributed by atoms with Crippen molar-refractivity contribution in [1.82, 2.24) is 0 Å². The Bertz CT molecular complexity index is 1150. The van der Waals surface area contributed by atoms with Crippen LogP contribution in [0.5, 0.6) is 0 Å². The Morgan fingerprint density at radius 2 is 1.87 bits per heavy atom. The summed E-state index contributed by atoms with van der Waals surface area (Å²) in [6, 6.07) is 0. The third kappa shape index (κ3) is 3.56. The van der Waals surface area contributed by atoms with Crippen LogP contribution < -0.4 is 0 Å². The van der Waals surface area contributed by atoms with E-state index < -0.39 is 82.2 Å². The molecule has 4 aliphatic rings. The number of rotatable bonds is 6. The van der Waals surface area contributed by atoms with Crippen molar-refractivity contribution in [3.05, 3.63) is 34.9 Å². The number of aliphatic hydroxyl groups excluding tert-OH is 1. The Morgan fingerprint density at radius 1 is 1.24 bits per heavy atom. The van der Waals surface area contributed by atoms with Crippen molar-refractivity contribution in [3.63, 3.8) is 0 Å². The van der Waals surface area contributed by atoms with Crippen LogP contribution in [0.15, 0.2) is 34.9 Å². The molecular formula is C30H42O8. The van der Waals surface area contributed by atoms with Gasteiger partial charge in [0.1, 0.15) is 11.7 Å². The normalized spacial score (nSPS) is 42.0. The molecule has 0 radical (unpaired) electrons. The second kappa shape index (κ2) is 9.14. The lowest BCUT2D eigenvalue weighted by Crippen LogP contribution is -2.66. The first kappa shape index (κ1) is 28.7. The van der Waals surface area contributed by atoms with Crippen LogP contribution in [0.2, 0.25) is 0 Å². The topological polar surface area (TPSA) is 130 Å². The van der Waals surface area contributed by atoms with Gasteiger partial charge in [0, 0.05) is 41.1 Å².